The molecule has 2 rings (SSSR count). The first-order chi connectivity index (χ1) is 12.6. The maximum atomic E-state index is 12.5. The summed E-state index contributed by atoms with van der Waals surface area (Å²) in [5, 5.41) is 8.80. The number of carbonyl (C=O) groups is 1. The lowest BCUT2D eigenvalue weighted by atomic mass is 10.1. The van der Waals surface area contributed by atoms with Gasteiger partial charge in [0, 0.05) is 11.3 Å². The van der Waals surface area contributed by atoms with Gasteiger partial charge in [-0.3, -0.25) is 4.79 Å². The van der Waals surface area contributed by atoms with E-state index in [9.17, 15) is 4.79 Å². The Hall–Kier alpha value is -1.53. The highest BCUT2D eigenvalue weighted by Gasteiger charge is 2.35. The van der Waals surface area contributed by atoms with Gasteiger partial charge in [0.1, 0.15) is 6.17 Å². The van der Waals surface area contributed by atoms with Gasteiger partial charge in [-0.25, -0.2) is 0 Å². The molecule has 0 saturated heterocycles. The first kappa shape index (κ1) is 21.8. The van der Waals surface area contributed by atoms with Crippen molar-refractivity contribution in [3.8, 4) is 0 Å². The summed E-state index contributed by atoms with van der Waals surface area (Å²) in [5.41, 5.74) is 4.40. The second-order valence-electron chi connectivity index (χ2n) is 6.23. The number of hydrogen-bond donors (Lipinski definition) is 3. The highest BCUT2D eigenvalue weighted by atomic mass is 35.6. The van der Waals surface area contributed by atoms with Crippen LogP contribution in [0.1, 0.15) is 27.0 Å². The molecule has 144 valence electrons. The van der Waals surface area contributed by atoms with Crippen LogP contribution in [0.25, 0.3) is 0 Å². The van der Waals surface area contributed by atoms with Crippen LogP contribution in [-0.2, 0) is 0 Å². The molecule has 0 saturated carbocycles. The minimum absolute atomic E-state index is 0.225. The Kier molecular flexibility index (Phi) is 7.34. The predicted octanol–water partition coefficient (Wildman–Crippen LogP) is 5.02. The number of thiocarbonyl (C=S) groups is 1. The molecular formula is C19H20Cl3N3OS. The van der Waals surface area contributed by atoms with Crippen molar-refractivity contribution < 1.29 is 4.79 Å². The van der Waals surface area contributed by atoms with Gasteiger partial charge in [0.15, 0.2) is 5.11 Å². The fraction of sp³-hybridized carbons (Fsp3) is 0.263. The fourth-order valence-corrected chi connectivity index (χ4v) is 3.00. The third kappa shape index (κ3) is 6.54. The van der Waals surface area contributed by atoms with Gasteiger partial charge < -0.3 is 16.0 Å². The summed E-state index contributed by atoms with van der Waals surface area (Å²) < 4.78 is -1.81. The van der Waals surface area contributed by atoms with Crippen LogP contribution in [0.2, 0.25) is 0 Å². The monoisotopic (exact) mass is 443 g/mol. The summed E-state index contributed by atoms with van der Waals surface area (Å²) in [6.45, 7) is 5.86. The van der Waals surface area contributed by atoms with E-state index in [2.05, 4.69) is 16.0 Å². The number of nitrogens with one attached hydrogen (secondary N) is 3. The average Bonchev–Trinajstić information content (AvgIpc) is 2.56. The molecule has 0 aliphatic heterocycles. The van der Waals surface area contributed by atoms with Gasteiger partial charge in [0.2, 0.25) is 3.79 Å². The average molecular weight is 445 g/mol. The number of alkyl halides is 3. The molecule has 4 nitrogen and oxygen atoms in total. The number of aryl methyl sites for hydroxylation is 3. The number of amides is 1. The third-order valence-corrected chi connectivity index (χ3v) is 4.66. The third-order valence-electron chi connectivity index (χ3n) is 3.79. The molecule has 0 heterocycles. The molecule has 1 amide bonds. The van der Waals surface area contributed by atoms with Crippen molar-refractivity contribution >= 4 is 63.7 Å². The number of carbonyl (C=O) groups excluding carboxylic acids is 1. The van der Waals surface area contributed by atoms with Crippen LogP contribution >= 0.6 is 47.0 Å². The number of benzene rings is 2. The van der Waals surface area contributed by atoms with Crippen molar-refractivity contribution in [1.29, 1.82) is 0 Å². The summed E-state index contributed by atoms with van der Waals surface area (Å²) in [6, 6.07) is 13.0. The van der Waals surface area contributed by atoms with E-state index in [1.54, 1.807) is 18.2 Å². The lowest BCUT2D eigenvalue weighted by Crippen LogP contribution is -2.56. The van der Waals surface area contributed by atoms with E-state index < -0.39 is 9.96 Å². The zero-order valence-electron chi connectivity index (χ0n) is 15.1. The van der Waals surface area contributed by atoms with Crippen LogP contribution in [0.15, 0.2) is 42.5 Å². The van der Waals surface area contributed by atoms with Crippen molar-refractivity contribution in [2.45, 2.75) is 30.7 Å². The maximum Gasteiger partial charge on any atom is 0.252 e. The molecule has 0 spiro atoms. The van der Waals surface area contributed by atoms with Crippen LogP contribution in [0.5, 0.6) is 0 Å². The Morgan fingerprint density at radius 3 is 2.26 bits per heavy atom. The van der Waals surface area contributed by atoms with Gasteiger partial charge in [0.05, 0.1) is 0 Å². The molecule has 3 N–H and O–H groups in total. The molecular weight excluding hydrogens is 425 g/mol. The lowest BCUT2D eigenvalue weighted by molar-refractivity contribution is 0.0934. The second-order valence-corrected chi connectivity index (χ2v) is 9.01. The quantitative estimate of drug-likeness (QED) is 0.352. The van der Waals surface area contributed by atoms with Crippen LogP contribution in [0.3, 0.4) is 0 Å². The molecule has 0 aromatic heterocycles. The first-order valence-corrected chi connectivity index (χ1v) is 9.69. The normalized spacial score (nSPS) is 12.2. The summed E-state index contributed by atoms with van der Waals surface area (Å²) in [5.74, 6) is -0.378. The maximum absolute atomic E-state index is 12.5. The Morgan fingerprint density at radius 2 is 1.67 bits per heavy atom. The van der Waals surface area contributed by atoms with E-state index in [1.807, 2.05) is 45.0 Å². The van der Waals surface area contributed by atoms with Gasteiger partial charge in [-0.15, -0.1) is 0 Å². The highest BCUT2D eigenvalue weighted by Crippen LogP contribution is 2.29. The number of halogens is 3. The van der Waals surface area contributed by atoms with Gasteiger partial charge in [0.25, 0.3) is 5.91 Å². The van der Waals surface area contributed by atoms with Crippen LogP contribution < -0.4 is 16.0 Å². The van der Waals surface area contributed by atoms with Crippen molar-refractivity contribution in [2.75, 3.05) is 5.32 Å². The fourth-order valence-electron chi connectivity index (χ4n) is 2.44. The predicted molar refractivity (Wildman–Crippen MR) is 118 cm³/mol. The van der Waals surface area contributed by atoms with E-state index in [-0.39, 0.29) is 11.0 Å². The van der Waals surface area contributed by atoms with E-state index in [1.165, 1.54) is 0 Å². The Bertz CT molecular complexity index is 852. The second kappa shape index (κ2) is 9.11. The topological polar surface area (TPSA) is 53.2 Å². The van der Waals surface area contributed by atoms with Crippen LogP contribution in [-0.4, -0.2) is 21.0 Å². The standard InChI is InChI=1S/C19H20Cl3N3OS/c1-11-5-4-6-14(10-11)16(26)24-17(19(20,21)22)25-18(27)23-15-8-7-12(2)9-13(15)3/h4-10,17H,1-3H3,(H,24,26)(H2,23,25,27). The van der Waals surface area contributed by atoms with Crippen molar-refractivity contribution in [2.24, 2.45) is 0 Å². The SMILES string of the molecule is Cc1cccc(C(=O)NC(NC(=S)Nc2ccc(C)cc2C)C(Cl)(Cl)Cl)c1. The number of hydrogen-bond acceptors (Lipinski definition) is 2. The van der Waals surface area contributed by atoms with Crippen molar-refractivity contribution in [3.63, 3.8) is 0 Å². The van der Waals surface area contributed by atoms with E-state index in [0.717, 1.165) is 22.4 Å². The molecule has 2 aromatic rings. The summed E-state index contributed by atoms with van der Waals surface area (Å²) in [6.07, 6.45) is -1.03. The van der Waals surface area contributed by atoms with Gasteiger partial charge in [-0.1, -0.05) is 70.2 Å². The Labute approximate surface area is 179 Å². The van der Waals surface area contributed by atoms with E-state index in [0.29, 0.717) is 5.56 Å². The van der Waals surface area contributed by atoms with E-state index in [4.69, 9.17) is 47.0 Å². The van der Waals surface area contributed by atoms with Crippen molar-refractivity contribution in [3.05, 3.63) is 64.7 Å². The Balaban J connectivity index is 2.10. The molecule has 0 aliphatic carbocycles. The lowest BCUT2D eigenvalue weighted by Gasteiger charge is -2.28. The first-order valence-electron chi connectivity index (χ1n) is 8.15. The summed E-state index contributed by atoms with van der Waals surface area (Å²) in [7, 11) is 0. The molecule has 8 heteroatoms. The van der Waals surface area contributed by atoms with Crippen LogP contribution in [0.4, 0.5) is 5.69 Å². The molecule has 2 aromatic carbocycles. The minimum Gasteiger partial charge on any atom is -0.339 e. The molecule has 0 bridgehead atoms. The molecule has 1 unspecified atom stereocenters. The van der Waals surface area contributed by atoms with Crippen LogP contribution in [0, 0.1) is 20.8 Å². The Morgan fingerprint density at radius 1 is 1.00 bits per heavy atom. The molecule has 1 atom stereocenters. The molecule has 27 heavy (non-hydrogen) atoms. The zero-order valence-corrected chi connectivity index (χ0v) is 18.2. The summed E-state index contributed by atoms with van der Waals surface area (Å²) >= 11 is 23.4. The van der Waals surface area contributed by atoms with E-state index >= 15 is 0 Å². The van der Waals surface area contributed by atoms with Gasteiger partial charge in [-0.2, -0.15) is 0 Å². The molecule has 0 radical (unpaired) electrons. The number of rotatable bonds is 4. The largest absolute Gasteiger partial charge is 0.339 e. The smallest absolute Gasteiger partial charge is 0.252 e. The number of anilines is 1. The minimum atomic E-state index is -1.81. The van der Waals surface area contributed by atoms with Crippen molar-refractivity contribution in [1.82, 2.24) is 10.6 Å². The summed E-state index contributed by atoms with van der Waals surface area (Å²) in [4.78, 5) is 12.5. The molecule has 0 fully saturated rings. The highest BCUT2D eigenvalue weighted by molar-refractivity contribution is 7.80. The molecule has 0 aliphatic rings. The zero-order chi connectivity index (χ0) is 20.2. The van der Waals surface area contributed by atoms with Gasteiger partial charge >= 0.3 is 0 Å². The van der Waals surface area contributed by atoms with Gasteiger partial charge in [-0.05, 0) is 56.8 Å².